The van der Waals surface area contributed by atoms with Gasteiger partial charge in [-0.05, 0) is 51.0 Å². The molecule has 5 nitrogen and oxygen atoms in total. The van der Waals surface area contributed by atoms with Crippen LogP contribution in [0.5, 0.6) is 0 Å². The molecule has 25 heavy (non-hydrogen) atoms. The fourth-order valence-corrected chi connectivity index (χ4v) is 3.94. The number of pyridine rings is 1. The zero-order valence-electron chi connectivity index (χ0n) is 14.8. The van der Waals surface area contributed by atoms with Gasteiger partial charge in [0.25, 0.3) is 5.56 Å². The van der Waals surface area contributed by atoms with Gasteiger partial charge < -0.3 is 0 Å². The minimum Gasteiger partial charge on any atom is -0.296 e. The second-order valence-electron chi connectivity index (χ2n) is 7.03. The highest BCUT2D eigenvalue weighted by Crippen LogP contribution is 2.23. The number of benzene rings is 1. The van der Waals surface area contributed by atoms with Crippen LogP contribution in [0.15, 0.2) is 53.6 Å². The Morgan fingerprint density at radius 3 is 2.64 bits per heavy atom. The molecule has 5 heteroatoms. The van der Waals surface area contributed by atoms with Crippen LogP contribution in [0.2, 0.25) is 0 Å². The van der Waals surface area contributed by atoms with Crippen LogP contribution in [0.1, 0.15) is 26.7 Å². The Hall–Kier alpha value is -2.40. The van der Waals surface area contributed by atoms with Gasteiger partial charge in [-0.1, -0.05) is 6.07 Å². The summed E-state index contributed by atoms with van der Waals surface area (Å²) in [6.07, 6.45) is 6.26. The molecule has 130 valence electrons. The van der Waals surface area contributed by atoms with E-state index in [2.05, 4.69) is 34.6 Å². The number of nitrogens with zero attached hydrogens (tertiary/aromatic N) is 4. The summed E-state index contributed by atoms with van der Waals surface area (Å²) in [5.41, 5.74) is 1.97. The highest BCUT2D eigenvalue weighted by molar-refractivity contribution is 5.80. The Morgan fingerprint density at radius 2 is 1.88 bits per heavy atom. The van der Waals surface area contributed by atoms with Crippen molar-refractivity contribution >= 4 is 10.9 Å². The molecular formula is C20H24N4O. The first-order chi connectivity index (χ1) is 12.1. The van der Waals surface area contributed by atoms with E-state index in [0.29, 0.717) is 12.1 Å². The Bertz CT molecular complexity index is 932. The lowest BCUT2D eigenvalue weighted by Crippen LogP contribution is -2.35. The van der Waals surface area contributed by atoms with Crippen molar-refractivity contribution in [2.75, 3.05) is 6.54 Å². The molecule has 0 unspecified atom stereocenters. The van der Waals surface area contributed by atoms with E-state index in [1.54, 1.807) is 22.9 Å². The first-order valence-corrected chi connectivity index (χ1v) is 9.03. The summed E-state index contributed by atoms with van der Waals surface area (Å²) in [4.78, 5) is 14.6. The molecule has 2 atom stereocenters. The van der Waals surface area contributed by atoms with Crippen LogP contribution in [0.3, 0.4) is 0 Å². The van der Waals surface area contributed by atoms with Crippen LogP contribution in [0, 0.1) is 0 Å². The lowest BCUT2D eigenvalue weighted by molar-refractivity contribution is 0.204. The standard InChI is InChI=1S/C20H24N4O/c1-15-6-7-16(2)22(15)11-12-24-19-9-8-18(13-17(19)14-21-24)23-10-4-3-5-20(23)25/h3-5,8-10,13-16H,6-7,11-12H2,1-2H3/t15-,16-/m1/s1. The topological polar surface area (TPSA) is 43.1 Å². The largest absolute Gasteiger partial charge is 0.296 e. The van der Waals surface area contributed by atoms with Gasteiger partial charge in [-0.3, -0.25) is 18.9 Å². The number of rotatable bonds is 4. The molecule has 1 fully saturated rings. The molecule has 1 aliphatic heterocycles. The van der Waals surface area contributed by atoms with Gasteiger partial charge in [-0.25, -0.2) is 0 Å². The van der Waals surface area contributed by atoms with Gasteiger partial charge in [0.05, 0.1) is 18.3 Å². The normalized spacial score (nSPS) is 21.2. The fraction of sp³-hybridized carbons (Fsp3) is 0.400. The lowest BCUT2D eigenvalue weighted by atomic mass is 10.2. The first kappa shape index (κ1) is 16.1. The van der Waals surface area contributed by atoms with Crippen molar-refractivity contribution in [3.05, 3.63) is 59.1 Å². The van der Waals surface area contributed by atoms with Gasteiger partial charge >= 0.3 is 0 Å². The van der Waals surface area contributed by atoms with Crippen LogP contribution in [0.25, 0.3) is 16.6 Å². The van der Waals surface area contributed by atoms with Crippen LogP contribution >= 0.6 is 0 Å². The summed E-state index contributed by atoms with van der Waals surface area (Å²) in [6, 6.07) is 12.6. The number of hydrogen-bond donors (Lipinski definition) is 0. The molecule has 0 N–H and O–H groups in total. The number of aromatic nitrogens is 3. The molecule has 1 saturated heterocycles. The lowest BCUT2D eigenvalue weighted by Gasteiger charge is -2.25. The Morgan fingerprint density at radius 1 is 1.08 bits per heavy atom. The molecule has 1 aromatic carbocycles. The van der Waals surface area contributed by atoms with Gasteiger partial charge in [-0.2, -0.15) is 5.10 Å². The van der Waals surface area contributed by atoms with E-state index in [0.717, 1.165) is 29.7 Å². The van der Waals surface area contributed by atoms with Gasteiger partial charge in [-0.15, -0.1) is 0 Å². The molecule has 0 spiro atoms. The summed E-state index contributed by atoms with van der Waals surface area (Å²) >= 11 is 0. The van der Waals surface area contributed by atoms with E-state index < -0.39 is 0 Å². The zero-order chi connectivity index (χ0) is 17.4. The van der Waals surface area contributed by atoms with E-state index in [9.17, 15) is 4.79 Å². The second-order valence-corrected chi connectivity index (χ2v) is 7.03. The Labute approximate surface area is 147 Å². The van der Waals surface area contributed by atoms with Crippen LogP contribution in [-0.4, -0.2) is 37.9 Å². The number of likely N-dealkylation sites (tertiary alicyclic amines) is 1. The average Bonchev–Trinajstić information content (AvgIpc) is 3.16. The van der Waals surface area contributed by atoms with Gasteiger partial charge in [0.15, 0.2) is 0 Å². The molecule has 1 aliphatic rings. The summed E-state index contributed by atoms with van der Waals surface area (Å²) in [6.45, 7) is 6.55. The highest BCUT2D eigenvalue weighted by atomic mass is 16.1. The third-order valence-corrected chi connectivity index (χ3v) is 5.43. The second kappa shape index (κ2) is 6.48. The fourth-order valence-electron chi connectivity index (χ4n) is 3.94. The predicted octanol–water partition coefficient (Wildman–Crippen LogP) is 3.06. The van der Waals surface area contributed by atoms with Gasteiger partial charge in [0.1, 0.15) is 0 Å². The summed E-state index contributed by atoms with van der Waals surface area (Å²) in [5.74, 6) is 0. The zero-order valence-corrected chi connectivity index (χ0v) is 14.8. The molecule has 0 bridgehead atoms. The van der Waals surface area contributed by atoms with E-state index in [1.165, 1.54) is 12.8 Å². The van der Waals surface area contributed by atoms with Crippen molar-refractivity contribution in [3.8, 4) is 5.69 Å². The summed E-state index contributed by atoms with van der Waals surface area (Å²) in [5, 5.41) is 5.63. The van der Waals surface area contributed by atoms with Crippen molar-refractivity contribution in [2.45, 2.75) is 45.3 Å². The third-order valence-electron chi connectivity index (χ3n) is 5.43. The smallest absolute Gasteiger partial charge is 0.255 e. The molecule has 3 aromatic rings. The van der Waals surface area contributed by atoms with E-state index in [4.69, 9.17) is 0 Å². The monoisotopic (exact) mass is 336 g/mol. The van der Waals surface area contributed by atoms with Crippen molar-refractivity contribution in [3.63, 3.8) is 0 Å². The van der Waals surface area contributed by atoms with Gasteiger partial charge in [0.2, 0.25) is 0 Å². The quantitative estimate of drug-likeness (QED) is 0.735. The first-order valence-electron chi connectivity index (χ1n) is 9.03. The maximum atomic E-state index is 12.0. The van der Waals surface area contributed by atoms with E-state index in [1.807, 2.05) is 24.4 Å². The molecule has 0 radical (unpaired) electrons. The van der Waals surface area contributed by atoms with Crippen molar-refractivity contribution < 1.29 is 0 Å². The third kappa shape index (κ3) is 3.00. The number of fused-ring (bicyclic) bond motifs is 1. The molecule has 0 amide bonds. The average molecular weight is 336 g/mol. The van der Waals surface area contributed by atoms with E-state index in [-0.39, 0.29) is 5.56 Å². The Balaban J connectivity index is 1.58. The number of hydrogen-bond acceptors (Lipinski definition) is 3. The SMILES string of the molecule is C[C@@H]1CC[C@@H](C)N1CCn1ncc2cc(-n3ccccc3=O)ccc21. The van der Waals surface area contributed by atoms with Crippen molar-refractivity contribution in [1.29, 1.82) is 0 Å². The summed E-state index contributed by atoms with van der Waals surface area (Å²) in [7, 11) is 0. The molecule has 2 aromatic heterocycles. The molecular weight excluding hydrogens is 312 g/mol. The van der Waals surface area contributed by atoms with Gasteiger partial charge in [0, 0.05) is 42.0 Å². The van der Waals surface area contributed by atoms with E-state index >= 15 is 0 Å². The molecule has 0 aliphatic carbocycles. The molecule has 4 rings (SSSR count). The highest BCUT2D eigenvalue weighted by Gasteiger charge is 2.26. The maximum absolute atomic E-state index is 12.0. The summed E-state index contributed by atoms with van der Waals surface area (Å²) < 4.78 is 3.73. The minimum absolute atomic E-state index is 0.0220. The Kier molecular flexibility index (Phi) is 4.17. The molecule has 3 heterocycles. The molecule has 0 saturated carbocycles. The predicted molar refractivity (Wildman–Crippen MR) is 100 cm³/mol. The minimum atomic E-state index is -0.0220. The van der Waals surface area contributed by atoms with Crippen LogP contribution in [0.4, 0.5) is 0 Å². The van der Waals surface area contributed by atoms with Crippen LogP contribution < -0.4 is 5.56 Å². The van der Waals surface area contributed by atoms with Crippen molar-refractivity contribution in [2.24, 2.45) is 0 Å². The van der Waals surface area contributed by atoms with Crippen LogP contribution in [-0.2, 0) is 6.54 Å². The van der Waals surface area contributed by atoms with Crippen molar-refractivity contribution in [1.82, 2.24) is 19.2 Å². The maximum Gasteiger partial charge on any atom is 0.255 e.